The first-order valence-electron chi connectivity index (χ1n) is 8.19. The summed E-state index contributed by atoms with van der Waals surface area (Å²) in [6.07, 6.45) is 0. The molecule has 0 aliphatic heterocycles. The minimum atomic E-state index is -0.604. The van der Waals surface area contributed by atoms with Crippen LogP contribution in [0.4, 0.5) is 0 Å². The second-order valence-electron chi connectivity index (χ2n) is 5.71. The van der Waals surface area contributed by atoms with Crippen LogP contribution < -0.4 is 19.5 Å². The number of hydrogen-bond acceptors (Lipinski definition) is 7. The Morgan fingerprint density at radius 3 is 2.11 bits per heavy atom. The molecule has 2 aromatic rings. The summed E-state index contributed by atoms with van der Waals surface area (Å²) in [5.74, 6) is 1.45. The van der Waals surface area contributed by atoms with Crippen LogP contribution >= 0.6 is 0 Å². The summed E-state index contributed by atoms with van der Waals surface area (Å²) in [6, 6.07) is 5.03. The second-order valence-corrected chi connectivity index (χ2v) is 5.71. The van der Waals surface area contributed by atoms with Crippen molar-refractivity contribution in [3.63, 3.8) is 0 Å². The van der Waals surface area contributed by atoms with Crippen LogP contribution in [-0.2, 0) is 16.1 Å². The molecule has 0 unspecified atom stereocenters. The molecule has 1 heterocycles. The molecule has 146 valence electrons. The van der Waals surface area contributed by atoms with Crippen molar-refractivity contribution < 1.29 is 33.0 Å². The smallest absolute Gasteiger partial charge is 0.342 e. The molecule has 27 heavy (non-hydrogen) atoms. The van der Waals surface area contributed by atoms with Gasteiger partial charge in [-0.05, 0) is 37.6 Å². The van der Waals surface area contributed by atoms with Crippen molar-refractivity contribution in [1.29, 1.82) is 0 Å². The highest BCUT2D eigenvalue weighted by Gasteiger charge is 2.17. The van der Waals surface area contributed by atoms with Gasteiger partial charge in [-0.25, -0.2) is 4.79 Å². The molecule has 2 rings (SSSR count). The number of rotatable bonds is 8. The third-order valence-corrected chi connectivity index (χ3v) is 3.81. The number of methoxy groups -OCH3 is 3. The molecule has 0 atom stereocenters. The summed E-state index contributed by atoms with van der Waals surface area (Å²) in [5, 5.41) is 2.67. The molecule has 1 amide bonds. The maximum Gasteiger partial charge on any atom is 0.342 e. The van der Waals surface area contributed by atoms with Gasteiger partial charge in [-0.15, -0.1) is 0 Å². The SMILES string of the molecule is COc1cc(CNC(=O)COC(=O)c2cc(C)oc2C)cc(OC)c1OC. The molecule has 0 radical (unpaired) electrons. The number of amides is 1. The average molecular weight is 377 g/mol. The van der Waals surface area contributed by atoms with Crippen molar-refractivity contribution in [2.75, 3.05) is 27.9 Å². The van der Waals surface area contributed by atoms with Gasteiger partial charge in [0.1, 0.15) is 17.1 Å². The molecular weight excluding hydrogens is 354 g/mol. The lowest BCUT2D eigenvalue weighted by Gasteiger charge is -2.14. The van der Waals surface area contributed by atoms with Crippen molar-refractivity contribution in [3.05, 3.63) is 40.8 Å². The maximum atomic E-state index is 12.0. The Morgan fingerprint density at radius 2 is 1.63 bits per heavy atom. The fourth-order valence-electron chi connectivity index (χ4n) is 2.53. The van der Waals surface area contributed by atoms with E-state index in [9.17, 15) is 9.59 Å². The summed E-state index contributed by atoms with van der Waals surface area (Å²) < 4.78 is 26.1. The minimum Gasteiger partial charge on any atom is -0.493 e. The number of nitrogens with one attached hydrogen (secondary N) is 1. The first kappa shape index (κ1) is 20.2. The number of hydrogen-bond donors (Lipinski definition) is 1. The Balaban J connectivity index is 1.93. The first-order chi connectivity index (χ1) is 12.9. The summed E-state index contributed by atoms with van der Waals surface area (Å²) in [5.41, 5.74) is 1.05. The number of benzene rings is 1. The number of aryl methyl sites for hydroxylation is 2. The van der Waals surface area contributed by atoms with E-state index in [0.717, 1.165) is 5.56 Å². The van der Waals surface area contributed by atoms with Crippen LogP contribution in [0.1, 0.15) is 27.4 Å². The molecule has 0 aliphatic carbocycles. The lowest BCUT2D eigenvalue weighted by molar-refractivity contribution is -0.124. The molecular formula is C19H23NO7. The van der Waals surface area contributed by atoms with E-state index in [1.165, 1.54) is 21.3 Å². The second kappa shape index (κ2) is 8.98. The molecule has 0 fully saturated rings. The number of carbonyl (C=O) groups is 2. The molecule has 8 heteroatoms. The number of furan rings is 1. The van der Waals surface area contributed by atoms with E-state index in [0.29, 0.717) is 34.3 Å². The minimum absolute atomic E-state index is 0.205. The van der Waals surface area contributed by atoms with Crippen molar-refractivity contribution in [1.82, 2.24) is 5.32 Å². The van der Waals surface area contributed by atoms with Gasteiger partial charge >= 0.3 is 5.97 Å². The van der Waals surface area contributed by atoms with E-state index in [2.05, 4.69) is 5.32 Å². The summed E-state index contributed by atoms with van der Waals surface area (Å²) in [4.78, 5) is 24.0. The van der Waals surface area contributed by atoms with Gasteiger partial charge in [-0.3, -0.25) is 4.79 Å². The topological polar surface area (TPSA) is 96.2 Å². The van der Waals surface area contributed by atoms with Crippen LogP contribution in [0.15, 0.2) is 22.6 Å². The van der Waals surface area contributed by atoms with Crippen LogP contribution in [0.3, 0.4) is 0 Å². The first-order valence-corrected chi connectivity index (χ1v) is 8.19. The number of esters is 1. The van der Waals surface area contributed by atoms with E-state index in [4.69, 9.17) is 23.4 Å². The van der Waals surface area contributed by atoms with E-state index in [-0.39, 0.29) is 6.54 Å². The highest BCUT2D eigenvalue weighted by atomic mass is 16.5. The molecule has 0 aliphatic rings. The molecule has 0 saturated heterocycles. The Morgan fingerprint density at radius 1 is 1.00 bits per heavy atom. The van der Waals surface area contributed by atoms with Crippen LogP contribution in [0.2, 0.25) is 0 Å². The van der Waals surface area contributed by atoms with Crippen LogP contribution in [0, 0.1) is 13.8 Å². The third kappa shape index (κ3) is 4.93. The van der Waals surface area contributed by atoms with Gasteiger partial charge in [-0.2, -0.15) is 0 Å². The fourth-order valence-corrected chi connectivity index (χ4v) is 2.53. The molecule has 1 N–H and O–H groups in total. The quantitative estimate of drug-likeness (QED) is 0.706. The molecule has 8 nitrogen and oxygen atoms in total. The Bertz CT molecular complexity index is 800. The third-order valence-electron chi connectivity index (χ3n) is 3.81. The van der Waals surface area contributed by atoms with E-state index < -0.39 is 18.5 Å². The van der Waals surface area contributed by atoms with Crippen molar-refractivity contribution in [2.24, 2.45) is 0 Å². The molecule has 0 bridgehead atoms. The van der Waals surface area contributed by atoms with Crippen LogP contribution in [0.5, 0.6) is 17.2 Å². The lowest BCUT2D eigenvalue weighted by atomic mass is 10.1. The molecule has 1 aromatic carbocycles. The average Bonchev–Trinajstić information content (AvgIpc) is 3.01. The zero-order valence-corrected chi connectivity index (χ0v) is 16.0. The summed E-state index contributed by atoms with van der Waals surface area (Å²) in [7, 11) is 4.54. The van der Waals surface area contributed by atoms with Crippen LogP contribution in [-0.4, -0.2) is 39.8 Å². The molecule has 0 saturated carbocycles. The van der Waals surface area contributed by atoms with Crippen LogP contribution in [0.25, 0.3) is 0 Å². The molecule has 0 spiro atoms. The van der Waals surface area contributed by atoms with Gasteiger partial charge in [-0.1, -0.05) is 0 Å². The van der Waals surface area contributed by atoms with Gasteiger partial charge in [0.25, 0.3) is 5.91 Å². The highest BCUT2D eigenvalue weighted by molar-refractivity contribution is 5.92. The fraction of sp³-hybridized carbons (Fsp3) is 0.368. The zero-order chi connectivity index (χ0) is 20.0. The number of carbonyl (C=O) groups excluding carboxylic acids is 2. The zero-order valence-electron chi connectivity index (χ0n) is 16.0. The Labute approximate surface area is 157 Å². The summed E-state index contributed by atoms with van der Waals surface area (Å²) in [6.45, 7) is 3.20. The van der Waals surface area contributed by atoms with Gasteiger partial charge < -0.3 is 28.7 Å². The summed E-state index contributed by atoms with van der Waals surface area (Å²) >= 11 is 0. The maximum absolute atomic E-state index is 12.0. The predicted octanol–water partition coefficient (Wildman–Crippen LogP) is 2.40. The highest BCUT2D eigenvalue weighted by Crippen LogP contribution is 2.38. The van der Waals surface area contributed by atoms with Gasteiger partial charge in [0.15, 0.2) is 18.1 Å². The van der Waals surface area contributed by atoms with Gasteiger partial charge in [0.2, 0.25) is 5.75 Å². The van der Waals surface area contributed by atoms with Gasteiger partial charge in [0.05, 0.1) is 21.3 Å². The van der Waals surface area contributed by atoms with E-state index in [1.807, 2.05) is 0 Å². The van der Waals surface area contributed by atoms with Crippen molar-refractivity contribution in [3.8, 4) is 17.2 Å². The Kier molecular flexibility index (Phi) is 6.70. The van der Waals surface area contributed by atoms with Gasteiger partial charge in [0, 0.05) is 6.54 Å². The van der Waals surface area contributed by atoms with E-state index in [1.54, 1.807) is 32.0 Å². The standard InChI is InChI=1S/C19H23NO7/c1-11-6-14(12(2)27-11)19(22)26-10-17(21)20-9-13-7-15(23-3)18(25-5)16(8-13)24-4/h6-8H,9-10H2,1-5H3,(H,20,21). The molecule has 1 aromatic heterocycles. The largest absolute Gasteiger partial charge is 0.493 e. The normalized spacial score (nSPS) is 10.3. The van der Waals surface area contributed by atoms with Crippen molar-refractivity contribution >= 4 is 11.9 Å². The van der Waals surface area contributed by atoms with Crippen molar-refractivity contribution in [2.45, 2.75) is 20.4 Å². The lowest BCUT2D eigenvalue weighted by Crippen LogP contribution is -2.28. The monoisotopic (exact) mass is 377 g/mol. The number of ether oxygens (including phenoxy) is 4. The van der Waals surface area contributed by atoms with E-state index >= 15 is 0 Å². The predicted molar refractivity (Wildman–Crippen MR) is 96.4 cm³/mol. The Hall–Kier alpha value is -3.16.